The molecule has 0 spiro atoms. The number of benzene rings is 3. The Kier molecular flexibility index (Phi) is 15.1. The smallest absolute Gasteiger partial charge is 0.470 e. The van der Waals surface area contributed by atoms with E-state index in [-0.39, 0.29) is 0 Å². The molecule has 0 bridgehead atoms. The molecule has 6 atom stereocenters. The van der Waals surface area contributed by atoms with E-state index in [1.54, 1.807) is 0 Å². The molecule has 1 aliphatic rings. The van der Waals surface area contributed by atoms with E-state index in [4.69, 9.17) is 30.7 Å². The van der Waals surface area contributed by atoms with E-state index in [9.17, 15) is 4.80 Å². The number of rotatable bonds is 18. The molecule has 1 N–H and O–H groups in total. The van der Waals surface area contributed by atoms with Gasteiger partial charge >= 0.3 is 18.1 Å². The summed E-state index contributed by atoms with van der Waals surface area (Å²) in [6, 6.07) is 32.2. The SMILES string of the molecule is C[SiH](CCCOc1ccccc1)O[Si]1(CCCOc2ccccc2)O[SiH](CCCOc2ccccc2)O[SiH](C)[SiH]([SiH](C)O)O1. The van der Waals surface area contributed by atoms with Crippen LogP contribution in [-0.4, -0.2) is 76.9 Å². The third-order valence-corrected chi connectivity index (χ3v) is 42.6. The van der Waals surface area contributed by atoms with Crippen LogP contribution in [0.4, 0.5) is 0 Å². The lowest BCUT2D eigenvalue weighted by atomic mass is 10.3. The normalized spacial score (nSPS) is 23.3. The number of para-hydroxylation sites is 3. The minimum absolute atomic E-state index is 0.555. The molecule has 1 saturated heterocycles. The largest absolute Gasteiger partial charge is 0.494 e. The Bertz CT molecular complexity index is 1190. The third-order valence-electron chi connectivity index (χ3n) is 7.31. The zero-order valence-corrected chi connectivity index (χ0v) is 33.0. The van der Waals surface area contributed by atoms with Crippen LogP contribution in [0, 0.1) is 0 Å². The summed E-state index contributed by atoms with van der Waals surface area (Å²) >= 11 is 0. The van der Waals surface area contributed by atoms with Crippen LogP contribution in [-0.2, 0) is 16.5 Å². The molecule has 0 radical (unpaired) electrons. The van der Waals surface area contributed by atoms with Gasteiger partial charge in [0.05, 0.1) is 19.8 Å². The van der Waals surface area contributed by atoms with E-state index in [0.717, 1.165) is 48.6 Å². The van der Waals surface area contributed by atoms with E-state index >= 15 is 0 Å². The van der Waals surface area contributed by atoms with Crippen molar-refractivity contribution in [3.05, 3.63) is 91.0 Å². The van der Waals surface area contributed by atoms with Crippen LogP contribution in [0.15, 0.2) is 91.0 Å². The molecule has 1 aliphatic heterocycles. The fourth-order valence-electron chi connectivity index (χ4n) is 5.12. The van der Waals surface area contributed by atoms with Crippen LogP contribution in [0.1, 0.15) is 19.3 Å². The molecule has 1 fully saturated rings. The van der Waals surface area contributed by atoms with Crippen molar-refractivity contribution in [1.82, 2.24) is 0 Å². The quantitative estimate of drug-likeness (QED) is 0.153. The predicted octanol–water partition coefficient (Wildman–Crippen LogP) is 4.57. The van der Waals surface area contributed by atoms with Gasteiger partial charge in [0, 0.05) is 6.04 Å². The molecule has 6 unspecified atom stereocenters. The van der Waals surface area contributed by atoms with Gasteiger partial charge in [-0.2, -0.15) is 0 Å². The highest BCUT2D eigenvalue weighted by atomic mass is 29.6. The molecule has 8 nitrogen and oxygen atoms in total. The first kappa shape index (κ1) is 35.0. The van der Waals surface area contributed by atoms with E-state index in [1.807, 2.05) is 97.5 Å². The van der Waals surface area contributed by atoms with Gasteiger partial charge in [-0.3, -0.25) is 0 Å². The van der Waals surface area contributed by atoms with Gasteiger partial charge in [0.1, 0.15) is 17.2 Å². The maximum absolute atomic E-state index is 11.0. The topological polar surface area (TPSA) is 84.8 Å². The highest BCUT2D eigenvalue weighted by Gasteiger charge is 2.52. The summed E-state index contributed by atoms with van der Waals surface area (Å²) < 4.78 is 45.7. The number of ether oxygens (including phenoxy) is 3. The van der Waals surface area contributed by atoms with E-state index < -0.39 is 52.3 Å². The lowest BCUT2D eigenvalue weighted by molar-refractivity contribution is 0.240. The van der Waals surface area contributed by atoms with Crippen LogP contribution in [0.3, 0.4) is 0 Å². The van der Waals surface area contributed by atoms with Crippen molar-refractivity contribution in [2.24, 2.45) is 0 Å². The molecule has 14 heteroatoms. The molecule has 0 aliphatic carbocycles. The second-order valence-electron chi connectivity index (χ2n) is 11.2. The van der Waals surface area contributed by atoms with Crippen LogP contribution < -0.4 is 14.2 Å². The summed E-state index contributed by atoms with van der Waals surface area (Å²) in [5, 5.41) is 0. The Morgan fingerprint density at radius 3 is 1.73 bits per heavy atom. The Balaban J connectivity index is 1.41. The van der Waals surface area contributed by atoms with Gasteiger partial charge in [-0.25, -0.2) is 0 Å². The van der Waals surface area contributed by atoms with E-state index in [0.29, 0.717) is 25.9 Å². The summed E-state index contributed by atoms with van der Waals surface area (Å²) in [6.45, 7) is 8.23. The first-order valence-electron chi connectivity index (χ1n) is 15.8. The molecule has 3 aromatic carbocycles. The van der Waals surface area contributed by atoms with Gasteiger partial charge < -0.3 is 35.5 Å². The lowest BCUT2D eigenvalue weighted by Gasteiger charge is -2.35. The number of hydrogen-bond acceptors (Lipinski definition) is 8. The molecule has 240 valence electrons. The van der Waals surface area contributed by atoms with Gasteiger partial charge in [0.25, 0.3) is 0 Å². The zero-order chi connectivity index (χ0) is 31.0. The lowest BCUT2D eigenvalue weighted by Crippen LogP contribution is -2.58. The third kappa shape index (κ3) is 12.2. The molecule has 0 aromatic heterocycles. The summed E-state index contributed by atoms with van der Waals surface area (Å²) in [5.41, 5.74) is 0. The van der Waals surface area contributed by atoms with Crippen LogP contribution >= 0.6 is 0 Å². The highest BCUT2D eigenvalue weighted by Crippen LogP contribution is 2.29. The van der Waals surface area contributed by atoms with Crippen molar-refractivity contribution >= 4 is 52.3 Å². The maximum Gasteiger partial charge on any atom is 0.470 e. The molecule has 0 saturated carbocycles. The van der Waals surface area contributed by atoms with Gasteiger partial charge in [-0.05, 0) is 80.8 Å². The fraction of sp³-hybridized carbons (Fsp3) is 0.400. The summed E-state index contributed by atoms with van der Waals surface area (Å²) in [5.74, 6) is 2.61. The molecule has 44 heavy (non-hydrogen) atoms. The first-order valence-corrected chi connectivity index (χ1v) is 31.1. The second-order valence-corrected chi connectivity index (χ2v) is 36.4. The molecule has 0 amide bonds. The maximum atomic E-state index is 11.0. The standard InChI is InChI=1S/C30H48O8Si6/c1-39(25-13-22-32-28-16-7-4-8-17-28)36-44(27-15-24-34-30-20-11-6-12-21-30)37-42(35-41(3)43(38-44)40(2)31)26-14-23-33-29-18-9-5-10-19-29/h4-12,16-21,31,39-43H,13-15,22-27H2,1-3H3. The average molecular weight is 705 g/mol. The molecule has 3 aromatic rings. The van der Waals surface area contributed by atoms with Crippen LogP contribution in [0.5, 0.6) is 17.2 Å². The minimum Gasteiger partial charge on any atom is -0.494 e. The Labute approximate surface area is 271 Å². The van der Waals surface area contributed by atoms with Crippen LogP contribution in [0.25, 0.3) is 0 Å². The van der Waals surface area contributed by atoms with Crippen molar-refractivity contribution in [3.8, 4) is 17.2 Å². The van der Waals surface area contributed by atoms with Gasteiger partial charge in [-0.15, -0.1) is 0 Å². The van der Waals surface area contributed by atoms with Crippen molar-refractivity contribution in [3.63, 3.8) is 0 Å². The Hall–Kier alpha value is -1.84. The zero-order valence-electron chi connectivity index (χ0n) is 26.2. The minimum atomic E-state index is -3.11. The van der Waals surface area contributed by atoms with Crippen molar-refractivity contribution in [2.75, 3.05) is 19.8 Å². The summed E-state index contributed by atoms with van der Waals surface area (Å²) in [7, 11) is -12.6. The van der Waals surface area contributed by atoms with Crippen molar-refractivity contribution < 1.29 is 35.5 Å². The summed E-state index contributed by atoms with van der Waals surface area (Å²) in [6.07, 6.45) is 2.52. The van der Waals surface area contributed by atoms with Crippen molar-refractivity contribution in [2.45, 2.75) is 57.0 Å². The average Bonchev–Trinajstić information content (AvgIpc) is 3.17. The second kappa shape index (κ2) is 19.0. The fourth-order valence-corrected chi connectivity index (χ4v) is 45.4. The monoisotopic (exact) mass is 704 g/mol. The van der Waals surface area contributed by atoms with E-state index in [1.165, 1.54) is 0 Å². The molecular weight excluding hydrogens is 657 g/mol. The van der Waals surface area contributed by atoms with E-state index in [2.05, 4.69) is 13.1 Å². The van der Waals surface area contributed by atoms with Gasteiger partial charge in [-0.1, -0.05) is 61.1 Å². The number of hydrogen-bond donors (Lipinski definition) is 1. The first-order chi connectivity index (χ1) is 21.4. The molecule has 4 rings (SSSR count). The Morgan fingerprint density at radius 1 is 0.705 bits per heavy atom. The summed E-state index contributed by atoms with van der Waals surface area (Å²) in [4.78, 5) is 11.0. The highest BCUT2D eigenvalue weighted by molar-refractivity contribution is 7.46. The predicted molar refractivity (Wildman–Crippen MR) is 190 cm³/mol. The van der Waals surface area contributed by atoms with Crippen molar-refractivity contribution in [1.29, 1.82) is 0 Å². The Morgan fingerprint density at radius 2 is 1.20 bits per heavy atom. The van der Waals surface area contributed by atoms with Gasteiger partial charge in [0.15, 0.2) is 34.2 Å². The van der Waals surface area contributed by atoms with Gasteiger partial charge in [0.2, 0.25) is 0 Å². The molecule has 1 heterocycles. The molecular formula is C30H48O8Si6. The van der Waals surface area contributed by atoms with Crippen LogP contribution in [0.2, 0.25) is 37.8 Å².